The van der Waals surface area contributed by atoms with Crippen LogP contribution in [0.15, 0.2) is 53.6 Å². The maximum Gasteiger partial charge on any atom is 0.254 e. The molecule has 2 N–H and O–H groups in total. The first-order chi connectivity index (χ1) is 14.5. The SMILES string of the molecule is Cc1nc(-c2ccncc2)[nH]c(=O)c1CCC(=O)NC1(c2ccc(Cl)cc2)CCC1. The van der Waals surface area contributed by atoms with Gasteiger partial charge in [-0.1, -0.05) is 23.7 Å². The summed E-state index contributed by atoms with van der Waals surface area (Å²) in [6.07, 6.45) is 6.76. The topological polar surface area (TPSA) is 87.7 Å². The zero-order valence-electron chi connectivity index (χ0n) is 16.7. The fourth-order valence-electron chi connectivity index (χ4n) is 3.90. The number of amides is 1. The van der Waals surface area contributed by atoms with E-state index >= 15 is 0 Å². The van der Waals surface area contributed by atoms with E-state index in [9.17, 15) is 9.59 Å². The molecule has 2 aromatic heterocycles. The number of carbonyl (C=O) groups excluding carboxylic acids is 1. The molecule has 4 rings (SSSR count). The lowest BCUT2D eigenvalue weighted by molar-refractivity contribution is -0.124. The third-order valence-corrected chi connectivity index (χ3v) is 6.01. The summed E-state index contributed by atoms with van der Waals surface area (Å²) < 4.78 is 0. The number of halogens is 1. The van der Waals surface area contributed by atoms with Gasteiger partial charge in [0.25, 0.3) is 5.56 Å². The molecule has 1 saturated carbocycles. The lowest BCUT2D eigenvalue weighted by atomic mass is 9.71. The minimum absolute atomic E-state index is 0.0679. The Hall–Kier alpha value is -2.99. The first-order valence-corrected chi connectivity index (χ1v) is 10.4. The predicted molar refractivity (Wildman–Crippen MR) is 116 cm³/mol. The van der Waals surface area contributed by atoms with Crippen LogP contribution in [0.3, 0.4) is 0 Å². The summed E-state index contributed by atoms with van der Waals surface area (Å²) in [4.78, 5) is 36.6. The van der Waals surface area contributed by atoms with Crippen molar-refractivity contribution in [3.8, 4) is 11.4 Å². The van der Waals surface area contributed by atoms with Crippen LogP contribution < -0.4 is 10.9 Å². The van der Waals surface area contributed by atoms with Crippen molar-refractivity contribution in [2.24, 2.45) is 0 Å². The molecule has 7 heteroatoms. The molecule has 0 unspecified atom stereocenters. The highest BCUT2D eigenvalue weighted by molar-refractivity contribution is 6.30. The number of aromatic amines is 1. The van der Waals surface area contributed by atoms with Crippen molar-refractivity contribution in [3.05, 3.63) is 81.0 Å². The van der Waals surface area contributed by atoms with Gasteiger partial charge in [0.15, 0.2) is 0 Å². The van der Waals surface area contributed by atoms with Gasteiger partial charge in [-0.15, -0.1) is 0 Å². The molecule has 30 heavy (non-hydrogen) atoms. The van der Waals surface area contributed by atoms with E-state index in [4.69, 9.17) is 11.6 Å². The second kappa shape index (κ2) is 8.40. The smallest absolute Gasteiger partial charge is 0.254 e. The van der Waals surface area contributed by atoms with Crippen molar-refractivity contribution in [2.45, 2.75) is 44.6 Å². The molecule has 3 aromatic rings. The van der Waals surface area contributed by atoms with Crippen LogP contribution in [0.1, 0.15) is 42.5 Å². The van der Waals surface area contributed by atoms with E-state index in [0.29, 0.717) is 28.5 Å². The van der Waals surface area contributed by atoms with Crippen molar-refractivity contribution in [3.63, 3.8) is 0 Å². The molecular weight excluding hydrogens is 400 g/mol. The Morgan fingerprint density at radius 3 is 2.47 bits per heavy atom. The average Bonchev–Trinajstić information content (AvgIpc) is 2.71. The van der Waals surface area contributed by atoms with Gasteiger partial charge in [0.1, 0.15) is 5.82 Å². The summed E-state index contributed by atoms with van der Waals surface area (Å²) >= 11 is 6.00. The second-order valence-electron chi connectivity index (χ2n) is 7.71. The van der Waals surface area contributed by atoms with Gasteiger partial charge in [0.05, 0.1) is 5.54 Å². The molecule has 0 aliphatic heterocycles. The Labute approximate surface area is 179 Å². The molecule has 1 fully saturated rings. The van der Waals surface area contributed by atoms with Gasteiger partial charge in [-0.05, 0) is 62.4 Å². The van der Waals surface area contributed by atoms with Crippen LogP contribution in [-0.4, -0.2) is 20.9 Å². The highest BCUT2D eigenvalue weighted by atomic mass is 35.5. The normalized spacial score (nSPS) is 14.7. The molecule has 1 amide bonds. The second-order valence-corrected chi connectivity index (χ2v) is 8.14. The highest BCUT2D eigenvalue weighted by Gasteiger charge is 2.39. The van der Waals surface area contributed by atoms with Crippen LogP contribution in [0, 0.1) is 6.92 Å². The van der Waals surface area contributed by atoms with Crippen molar-refractivity contribution in [2.75, 3.05) is 0 Å². The number of carbonyl (C=O) groups is 1. The summed E-state index contributed by atoms with van der Waals surface area (Å²) in [5, 5.41) is 3.87. The number of hydrogen-bond acceptors (Lipinski definition) is 4. The Kier molecular flexibility index (Phi) is 5.68. The van der Waals surface area contributed by atoms with E-state index in [1.165, 1.54) is 0 Å². The first kappa shape index (κ1) is 20.3. The minimum Gasteiger partial charge on any atom is -0.347 e. The van der Waals surface area contributed by atoms with Gasteiger partial charge in [0, 0.05) is 40.7 Å². The van der Waals surface area contributed by atoms with Crippen LogP contribution in [-0.2, 0) is 16.8 Å². The van der Waals surface area contributed by atoms with E-state index in [1.807, 2.05) is 24.3 Å². The monoisotopic (exact) mass is 422 g/mol. The standard InChI is InChI=1S/C23H23ClN4O2/c1-15-19(22(30)27-21(26-15)16-9-13-25-14-10-16)7-8-20(29)28-23(11-2-12-23)17-3-5-18(24)6-4-17/h3-6,9-10,13-14H,2,7-8,11-12H2,1H3,(H,28,29)(H,26,27,30). The average molecular weight is 423 g/mol. The lowest BCUT2D eigenvalue weighted by Crippen LogP contribution is -2.50. The quantitative estimate of drug-likeness (QED) is 0.630. The van der Waals surface area contributed by atoms with Crippen molar-refractivity contribution in [1.29, 1.82) is 0 Å². The zero-order valence-corrected chi connectivity index (χ0v) is 17.5. The Balaban J connectivity index is 1.45. The number of hydrogen-bond donors (Lipinski definition) is 2. The summed E-state index contributed by atoms with van der Waals surface area (Å²) in [6.45, 7) is 1.80. The number of aromatic nitrogens is 3. The Morgan fingerprint density at radius 1 is 1.17 bits per heavy atom. The fourth-order valence-corrected chi connectivity index (χ4v) is 4.03. The van der Waals surface area contributed by atoms with E-state index in [-0.39, 0.29) is 23.4 Å². The van der Waals surface area contributed by atoms with Crippen LogP contribution in [0.4, 0.5) is 0 Å². The van der Waals surface area contributed by atoms with Gasteiger partial charge in [-0.25, -0.2) is 4.98 Å². The van der Waals surface area contributed by atoms with E-state index in [2.05, 4.69) is 20.3 Å². The van der Waals surface area contributed by atoms with Gasteiger partial charge in [-0.3, -0.25) is 14.6 Å². The predicted octanol–water partition coefficient (Wildman–Crippen LogP) is 3.92. The van der Waals surface area contributed by atoms with Gasteiger partial charge >= 0.3 is 0 Å². The third-order valence-electron chi connectivity index (χ3n) is 5.76. The Morgan fingerprint density at radius 2 is 1.87 bits per heavy atom. The molecule has 2 heterocycles. The van der Waals surface area contributed by atoms with Crippen molar-refractivity contribution >= 4 is 17.5 Å². The number of aryl methyl sites for hydroxylation is 1. The van der Waals surface area contributed by atoms with Crippen LogP contribution in [0.5, 0.6) is 0 Å². The zero-order chi connectivity index (χ0) is 21.1. The van der Waals surface area contributed by atoms with Gasteiger partial charge in [0.2, 0.25) is 5.91 Å². The molecule has 0 radical (unpaired) electrons. The summed E-state index contributed by atoms with van der Waals surface area (Å²) in [5.74, 6) is 0.436. The number of rotatable bonds is 6. The lowest BCUT2D eigenvalue weighted by Gasteiger charge is -2.43. The molecule has 0 spiro atoms. The molecule has 6 nitrogen and oxygen atoms in total. The van der Waals surface area contributed by atoms with Crippen molar-refractivity contribution in [1.82, 2.24) is 20.3 Å². The largest absolute Gasteiger partial charge is 0.347 e. The molecule has 1 aliphatic rings. The molecule has 0 atom stereocenters. The molecule has 1 aliphatic carbocycles. The van der Waals surface area contributed by atoms with Gasteiger partial charge < -0.3 is 10.3 Å². The van der Waals surface area contributed by atoms with Crippen LogP contribution in [0.2, 0.25) is 5.02 Å². The number of nitrogens with zero attached hydrogens (tertiary/aromatic N) is 2. The van der Waals surface area contributed by atoms with Gasteiger partial charge in [-0.2, -0.15) is 0 Å². The van der Waals surface area contributed by atoms with E-state index in [0.717, 1.165) is 30.4 Å². The number of pyridine rings is 1. The number of H-pyrrole nitrogens is 1. The molecule has 0 bridgehead atoms. The van der Waals surface area contributed by atoms with Crippen LogP contribution >= 0.6 is 11.6 Å². The molecule has 1 aromatic carbocycles. The minimum atomic E-state index is -0.327. The third kappa shape index (κ3) is 4.14. The first-order valence-electron chi connectivity index (χ1n) is 10.0. The van der Waals surface area contributed by atoms with Crippen LogP contribution in [0.25, 0.3) is 11.4 Å². The molecule has 0 saturated heterocycles. The molecular formula is C23H23ClN4O2. The maximum absolute atomic E-state index is 12.7. The number of nitrogens with one attached hydrogen (secondary N) is 2. The summed E-state index contributed by atoms with van der Waals surface area (Å²) in [6, 6.07) is 11.2. The van der Waals surface area contributed by atoms with E-state index < -0.39 is 0 Å². The number of benzene rings is 1. The Bertz CT molecular complexity index is 1110. The summed E-state index contributed by atoms with van der Waals surface area (Å²) in [7, 11) is 0. The fraction of sp³-hybridized carbons (Fsp3) is 0.304. The summed E-state index contributed by atoms with van der Waals surface area (Å²) in [5.41, 5.74) is 2.50. The molecule has 154 valence electrons. The highest BCUT2D eigenvalue weighted by Crippen LogP contribution is 2.41. The maximum atomic E-state index is 12.7. The van der Waals surface area contributed by atoms with E-state index in [1.54, 1.807) is 31.5 Å². The van der Waals surface area contributed by atoms with Crippen molar-refractivity contribution < 1.29 is 4.79 Å².